The highest BCUT2D eigenvalue weighted by molar-refractivity contribution is 8.02. The van der Waals surface area contributed by atoms with E-state index in [2.05, 4.69) is 4.90 Å². The Morgan fingerprint density at radius 3 is 2.36 bits per heavy atom. The largest absolute Gasteiger partial charge is 0.295 e. The standard InChI is InChI=1S/C27H29N5O3S/c1-19-24(25(34)32(28(19)2)20-11-5-3-6-12-20)31-23(33)17-36-27(31)21-13-7-8-14-22(21)30(26(27)35)18-29-15-9-4-10-16-29/h3,5-8,11-14H,4,9-10,15-18H2,1-2H3. The van der Waals surface area contributed by atoms with Crippen LogP contribution in [0.2, 0.25) is 0 Å². The van der Waals surface area contributed by atoms with Gasteiger partial charge in [0, 0.05) is 12.6 Å². The fraction of sp³-hybridized carbons (Fsp3) is 0.370. The van der Waals surface area contributed by atoms with E-state index in [1.165, 1.54) is 23.1 Å². The fourth-order valence-corrected chi connectivity index (χ4v) is 7.11. The minimum absolute atomic E-state index is 0.136. The molecule has 2 saturated heterocycles. The number of hydrogen-bond donors (Lipinski definition) is 0. The highest BCUT2D eigenvalue weighted by atomic mass is 32.2. The molecule has 36 heavy (non-hydrogen) atoms. The average molecular weight is 504 g/mol. The Morgan fingerprint density at radius 1 is 0.917 bits per heavy atom. The van der Waals surface area contributed by atoms with E-state index in [1.807, 2.05) is 66.4 Å². The van der Waals surface area contributed by atoms with Gasteiger partial charge in [-0.1, -0.05) is 42.8 Å². The zero-order valence-electron chi connectivity index (χ0n) is 20.5. The van der Waals surface area contributed by atoms with Crippen LogP contribution in [0.1, 0.15) is 30.5 Å². The van der Waals surface area contributed by atoms with Gasteiger partial charge in [0.05, 0.1) is 29.5 Å². The summed E-state index contributed by atoms with van der Waals surface area (Å²) in [7, 11) is 1.81. The van der Waals surface area contributed by atoms with Crippen LogP contribution in [0.3, 0.4) is 0 Å². The molecule has 1 unspecified atom stereocenters. The van der Waals surface area contributed by atoms with Crippen LogP contribution in [0.4, 0.5) is 11.4 Å². The Labute approximate surface area is 214 Å². The maximum absolute atomic E-state index is 14.3. The summed E-state index contributed by atoms with van der Waals surface area (Å²) in [6.45, 7) is 4.22. The van der Waals surface area contributed by atoms with E-state index in [1.54, 1.807) is 16.4 Å². The van der Waals surface area contributed by atoms with Gasteiger partial charge in [-0.3, -0.25) is 33.8 Å². The molecule has 2 amide bonds. The minimum Gasteiger partial charge on any atom is -0.295 e. The first-order chi connectivity index (χ1) is 17.4. The average Bonchev–Trinajstić information content (AvgIpc) is 3.44. The zero-order chi connectivity index (χ0) is 25.0. The number of fused-ring (bicyclic) bond motifs is 2. The molecule has 1 spiro atoms. The second kappa shape index (κ2) is 8.67. The van der Waals surface area contributed by atoms with Gasteiger partial charge in [-0.05, 0) is 51.1 Å². The number of nitrogens with zero attached hydrogens (tertiary/aromatic N) is 5. The van der Waals surface area contributed by atoms with Crippen molar-refractivity contribution >= 4 is 35.0 Å². The van der Waals surface area contributed by atoms with Gasteiger partial charge in [-0.25, -0.2) is 4.68 Å². The van der Waals surface area contributed by atoms with Crippen molar-refractivity contribution in [3.05, 3.63) is 76.2 Å². The number of carbonyl (C=O) groups excluding carboxylic acids is 2. The van der Waals surface area contributed by atoms with Crippen molar-refractivity contribution in [3.8, 4) is 5.69 Å². The zero-order valence-corrected chi connectivity index (χ0v) is 21.3. The Balaban J connectivity index is 1.50. The Hall–Kier alpha value is -3.30. The predicted molar refractivity (Wildman–Crippen MR) is 142 cm³/mol. The summed E-state index contributed by atoms with van der Waals surface area (Å²) >= 11 is 1.32. The summed E-state index contributed by atoms with van der Waals surface area (Å²) < 4.78 is 3.32. The molecule has 0 bridgehead atoms. The number of anilines is 2. The molecule has 1 aromatic heterocycles. The van der Waals surface area contributed by atoms with Gasteiger partial charge in [0.2, 0.25) is 10.8 Å². The van der Waals surface area contributed by atoms with Crippen LogP contribution in [-0.4, -0.2) is 51.6 Å². The number of aromatic nitrogens is 2. The molecule has 0 saturated carbocycles. The number of thioether (sulfide) groups is 1. The second-order valence-electron chi connectivity index (χ2n) is 9.64. The normalized spacial score (nSPS) is 22.2. The molecule has 3 aromatic rings. The first-order valence-corrected chi connectivity index (χ1v) is 13.4. The molecule has 6 rings (SSSR count). The molecule has 3 aliphatic rings. The maximum atomic E-state index is 14.3. The number of carbonyl (C=O) groups is 2. The van der Waals surface area contributed by atoms with E-state index in [0.717, 1.165) is 37.2 Å². The molecular weight excluding hydrogens is 474 g/mol. The van der Waals surface area contributed by atoms with Crippen molar-refractivity contribution in [1.29, 1.82) is 0 Å². The summed E-state index contributed by atoms with van der Waals surface area (Å²) in [6.07, 6.45) is 3.46. The minimum atomic E-state index is -1.29. The molecule has 0 N–H and O–H groups in total. The lowest BCUT2D eigenvalue weighted by Crippen LogP contribution is -2.53. The first-order valence-electron chi connectivity index (χ1n) is 12.4. The van der Waals surface area contributed by atoms with Crippen molar-refractivity contribution in [1.82, 2.24) is 14.3 Å². The summed E-state index contributed by atoms with van der Waals surface area (Å²) in [4.78, 5) is 46.1. The number of para-hydroxylation sites is 2. The smallest absolute Gasteiger partial charge is 0.295 e. The molecular formula is C27H29N5O3S. The second-order valence-corrected chi connectivity index (χ2v) is 10.8. The van der Waals surface area contributed by atoms with Gasteiger partial charge >= 0.3 is 0 Å². The van der Waals surface area contributed by atoms with E-state index in [0.29, 0.717) is 18.1 Å². The number of amides is 2. The van der Waals surface area contributed by atoms with Crippen LogP contribution >= 0.6 is 11.8 Å². The molecule has 0 aliphatic carbocycles. The SMILES string of the molecule is Cc1c(N2C(=O)CSC23C(=O)N(CN2CCCCC2)c2ccccc23)c(=O)n(-c2ccccc2)n1C. The molecule has 1 atom stereocenters. The van der Waals surface area contributed by atoms with E-state index in [4.69, 9.17) is 0 Å². The van der Waals surface area contributed by atoms with Crippen molar-refractivity contribution in [2.75, 3.05) is 35.3 Å². The van der Waals surface area contributed by atoms with E-state index in [9.17, 15) is 14.4 Å². The van der Waals surface area contributed by atoms with Crippen molar-refractivity contribution in [2.24, 2.45) is 7.05 Å². The van der Waals surface area contributed by atoms with Gasteiger partial charge in [-0.15, -0.1) is 11.8 Å². The summed E-state index contributed by atoms with van der Waals surface area (Å²) in [5, 5.41) is 0. The van der Waals surface area contributed by atoms with Gasteiger partial charge in [0.25, 0.3) is 11.5 Å². The quantitative estimate of drug-likeness (QED) is 0.547. The van der Waals surface area contributed by atoms with Crippen LogP contribution in [-0.2, 0) is 21.5 Å². The third-order valence-electron chi connectivity index (χ3n) is 7.60. The van der Waals surface area contributed by atoms with Crippen LogP contribution in [0, 0.1) is 6.92 Å². The molecule has 2 fully saturated rings. The maximum Gasteiger partial charge on any atom is 0.295 e. The van der Waals surface area contributed by atoms with Gasteiger partial charge < -0.3 is 0 Å². The van der Waals surface area contributed by atoms with Crippen molar-refractivity contribution in [3.63, 3.8) is 0 Å². The van der Waals surface area contributed by atoms with E-state index < -0.39 is 4.87 Å². The highest BCUT2D eigenvalue weighted by Gasteiger charge is 2.62. The van der Waals surface area contributed by atoms with E-state index >= 15 is 0 Å². The van der Waals surface area contributed by atoms with Crippen LogP contribution < -0.4 is 15.4 Å². The lowest BCUT2D eigenvalue weighted by Gasteiger charge is -2.34. The summed E-state index contributed by atoms with van der Waals surface area (Å²) in [5.74, 6) is -0.246. The lowest BCUT2D eigenvalue weighted by molar-refractivity contribution is -0.124. The van der Waals surface area contributed by atoms with E-state index in [-0.39, 0.29) is 28.8 Å². The Morgan fingerprint density at radius 2 is 1.61 bits per heavy atom. The number of rotatable bonds is 4. The summed E-state index contributed by atoms with van der Waals surface area (Å²) in [6, 6.07) is 17.1. The summed E-state index contributed by atoms with van der Waals surface area (Å²) in [5.41, 5.74) is 2.89. The predicted octanol–water partition coefficient (Wildman–Crippen LogP) is 3.21. The Kier molecular flexibility index (Phi) is 5.57. The van der Waals surface area contributed by atoms with Crippen LogP contribution in [0.25, 0.3) is 5.69 Å². The number of piperidine rings is 1. The topological polar surface area (TPSA) is 70.8 Å². The van der Waals surface area contributed by atoms with Gasteiger partial charge in [0.15, 0.2) is 0 Å². The van der Waals surface area contributed by atoms with Gasteiger partial charge in [-0.2, -0.15) is 0 Å². The molecule has 2 aromatic carbocycles. The third kappa shape index (κ3) is 3.22. The molecule has 9 heteroatoms. The number of likely N-dealkylation sites (tertiary alicyclic amines) is 1. The van der Waals surface area contributed by atoms with Gasteiger partial charge in [0.1, 0.15) is 5.69 Å². The van der Waals surface area contributed by atoms with Crippen molar-refractivity contribution in [2.45, 2.75) is 31.1 Å². The number of benzene rings is 2. The lowest BCUT2D eigenvalue weighted by atomic mass is 10.0. The molecule has 0 radical (unpaired) electrons. The molecule has 186 valence electrons. The van der Waals surface area contributed by atoms with Crippen LogP contribution in [0.15, 0.2) is 59.4 Å². The Bertz CT molecular complexity index is 1410. The number of hydrogen-bond acceptors (Lipinski definition) is 5. The third-order valence-corrected chi connectivity index (χ3v) is 8.99. The monoisotopic (exact) mass is 503 g/mol. The highest BCUT2D eigenvalue weighted by Crippen LogP contribution is 2.55. The first kappa shape index (κ1) is 23.1. The fourth-order valence-electron chi connectivity index (χ4n) is 5.76. The molecule has 8 nitrogen and oxygen atoms in total. The molecule has 3 aliphatic heterocycles. The van der Waals surface area contributed by atoms with Crippen LogP contribution in [0.5, 0.6) is 0 Å². The van der Waals surface area contributed by atoms with Crippen molar-refractivity contribution < 1.29 is 9.59 Å². The molecule has 4 heterocycles.